The highest BCUT2D eigenvalue weighted by molar-refractivity contribution is 6.31. The Hall–Kier alpha value is -3.27. The third-order valence-corrected chi connectivity index (χ3v) is 11.4. The van der Waals surface area contributed by atoms with E-state index in [1.807, 2.05) is 6.92 Å². The lowest BCUT2D eigenvalue weighted by molar-refractivity contribution is -0.347. The van der Waals surface area contributed by atoms with Crippen molar-refractivity contribution in [2.24, 2.45) is 0 Å². The summed E-state index contributed by atoms with van der Waals surface area (Å²) >= 11 is 0. The molecule has 4 saturated heterocycles. The summed E-state index contributed by atoms with van der Waals surface area (Å²) in [4.78, 5) is 66.3. The summed E-state index contributed by atoms with van der Waals surface area (Å²) < 4.78 is 36.4. The van der Waals surface area contributed by atoms with Gasteiger partial charge in [0.05, 0.1) is 29.5 Å². The first-order chi connectivity index (χ1) is 23.6. The maximum Gasteiger partial charge on any atom is 0.194 e. The van der Waals surface area contributed by atoms with Crippen LogP contribution in [0.15, 0.2) is 41.5 Å². The first-order valence-electron chi connectivity index (χ1n) is 17.3. The van der Waals surface area contributed by atoms with Crippen LogP contribution in [-0.2, 0) is 42.8 Å². The maximum absolute atomic E-state index is 14.1. The molecule has 0 amide bonds. The van der Waals surface area contributed by atoms with Gasteiger partial charge < -0.3 is 38.6 Å². The summed E-state index contributed by atoms with van der Waals surface area (Å²) in [6, 6.07) is 4.72. The molecular weight excluding hydrogens is 652 g/mol. The molecule has 4 heterocycles. The molecule has 266 valence electrons. The molecule has 7 aliphatic rings. The lowest BCUT2D eigenvalue weighted by atomic mass is 9.57. The van der Waals surface area contributed by atoms with Crippen LogP contribution >= 0.6 is 0 Å². The molecule has 12 atom stereocenters. The Bertz CT molecular complexity index is 1780. The van der Waals surface area contributed by atoms with Crippen LogP contribution in [0.3, 0.4) is 0 Å². The van der Waals surface area contributed by atoms with Gasteiger partial charge in [-0.05, 0) is 51.5 Å². The van der Waals surface area contributed by atoms with Crippen molar-refractivity contribution in [2.75, 3.05) is 0 Å². The van der Waals surface area contributed by atoms with Gasteiger partial charge in [-0.25, -0.2) is 0 Å². The second-order valence-electron chi connectivity index (χ2n) is 15.0. The van der Waals surface area contributed by atoms with Gasteiger partial charge in [0.25, 0.3) is 0 Å². The van der Waals surface area contributed by atoms with Crippen LogP contribution in [0.5, 0.6) is 0 Å². The van der Waals surface area contributed by atoms with Crippen molar-refractivity contribution in [1.29, 1.82) is 0 Å². The molecule has 2 N–H and O–H groups in total. The van der Waals surface area contributed by atoms with Gasteiger partial charge in [-0.2, -0.15) is 0 Å². The zero-order valence-electron chi connectivity index (χ0n) is 28.2. The lowest BCUT2D eigenvalue weighted by Crippen LogP contribution is -2.69. The Morgan fingerprint density at radius 2 is 1.62 bits per heavy atom. The number of hydrogen-bond donors (Lipinski definition) is 2. The number of hydrogen-bond acceptors (Lipinski definition) is 13. The van der Waals surface area contributed by atoms with E-state index in [0.717, 1.165) is 0 Å². The fourth-order valence-corrected chi connectivity index (χ4v) is 8.75. The van der Waals surface area contributed by atoms with E-state index in [1.165, 1.54) is 18.2 Å². The number of ether oxygens (including phenoxy) is 6. The topological polar surface area (TPSA) is 181 Å². The molecule has 0 bridgehead atoms. The normalized spacial score (nSPS) is 44.3. The largest absolute Gasteiger partial charge is 0.382 e. The molecule has 13 nitrogen and oxygen atoms in total. The van der Waals surface area contributed by atoms with Crippen LogP contribution in [-0.4, -0.2) is 105 Å². The van der Waals surface area contributed by atoms with E-state index in [1.54, 1.807) is 32.9 Å². The molecule has 3 aliphatic carbocycles. The van der Waals surface area contributed by atoms with Crippen LogP contribution in [0.2, 0.25) is 0 Å². The molecule has 1 aromatic carbocycles. The highest BCUT2D eigenvalue weighted by atomic mass is 16.7. The SMILES string of the molecule is CC1OC(OC2(C)CC(=O)C3(O)C4=C(C=CC3(O)C2)C(=O)c2cc(C3CC5OC6CC(=O)C(C)OC6OC5C(C)O3)ccc2C4=O)CCC1=O. The van der Waals surface area contributed by atoms with Gasteiger partial charge in [-0.3, -0.25) is 24.0 Å². The van der Waals surface area contributed by atoms with E-state index in [-0.39, 0.29) is 60.4 Å². The average Bonchev–Trinajstić information content (AvgIpc) is 3.05. The van der Waals surface area contributed by atoms with Crippen molar-refractivity contribution in [3.63, 3.8) is 0 Å². The predicted octanol–water partition coefficient (Wildman–Crippen LogP) is 2.33. The van der Waals surface area contributed by atoms with E-state index >= 15 is 0 Å². The monoisotopic (exact) mass is 692 g/mol. The van der Waals surface area contributed by atoms with Crippen molar-refractivity contribution in [3.8, 4) is 0 Å². The first kappa shape index (κ1) is 33.9. The minimum atomic E-state index is -2.70. The molecule has 0 radical (unpaired) electrons. The molecular formula is C37H40O13. The third kappa shape index (κ3) is 5.08. The molecule has 13 heteroatoms. The van der Waals surface area contributed by atoms with E-state index in [0.29, 0.717) is 12.0 Å². The van der Waals surface area contributed by atoms with Crippen molar-refractivity contribution < 1.29 is 62.6 Å². The Balaban J connectivity index is 1.04. The summed E-state index contributed by atoms with van der Waals surface area (Å²) in [5.41, 5.74) is -6.21. The van der Waals surface area contributed by atoms with Crippen LogP contribution in [0.25, 0.3) is 0 Å². The summed E-state index contributed by atoms with van der Waals surface area (Å²) in [7, 11) is 0. The second-order valence-corrected chi connectivity index (χ2v) is 15.0. The van der Waals surface area contributed by atoms with Gasteiger partial charge >= 0.3 is 0 Å². The number of Topliss-reactive ketones (excluding diaryl/α,β-unsaturated/α-hetero) is 5. The molecule has 5 fully saturated rings. The number of rotatable bonds is 3. The number of carbonyl (C=O) groups is 5. The fourth-order valence-electron chi connectivity index (χ4n) is 8.75. The van der Waals surface area contributed by atoms with Crippen LogP contribution in [0, 0.1) is 0 Å². The lowest BCUT2D eigenvalue weighted by Gasteiger charge is -2.53. The highest BCUT2D eigenvalue weighted by Gasteiger charge is 2.67. The van der Waals surface area contributed by atoms with Crippen molar-refractivity contribution in [1.82, 2.24) is 0 Å². The van der Waals surface area contributed by atoms with Crippen molar-refractivity contribution >= 4 is 28.9 Å². The van der Waals surface area contributed by atoms with Crippen molar-refractivity contribution in [2.45, 2.75) is 138 Å². The smallest absolute Gasteiger partial charge is 0.194 e. The molecule has 1 aromatic rings. The number of benzene rings is 1. The Labute approximate surface area is 287 Å². The van der Waals surface area contributed by atoms with E-state index < -0.39 is 95.0 Å². The van der Waals surface area contributed by atoms with Crippen LogP contribution < -0.4 is 0 Å². The molecule has 4 aliphatic heterocycles. The fraction of sp³-hybridized carbons (Fsp3) is 0.595. The summed E-state index contributed by atoms with van der Waals surface area (Å²) in [6.45, 7) is 6.77. The first-order valence-corrected chi connectivity index (χ1v) is 17.3. The van der Waals surface area contributed by atoms with E-state index in [4.69, 9.17) is 28.4 Å². The number of fused-ring (bicyclic) bond motifs is 5. The summed E-state index contributed by atoms with van der Waals surface area (Å²) in [6.07, 6.45) is -2.18. The number of carbonyl (C=O) groups excluding carboxylic acids is 5. The summed E-state index contributed by atoms with van der Waals surface area (Å²) in [5.74, 6) is -2.31. The summed E-state index contributed by atoms with van der Waals surface area (Å²) in [5, 5.41) is 24.0. The molecule has 12 unspecified atom stereocenters. The van der Waals surface area contributed by atoms with Crippen molar-refractivity contribution in [3.05, 3.63) is 58.2 Å². The quantitative estimate of drug-likeness (QED) is 0.472. The zero-order valence-corrected chi connectivity index (χ0v) is 28.2. The number of ketones is 5. The predicted molar refractivity (Wildman–Crippen MR) is 169 cm³/mol. The van der Waals surface area contributed by atoms with Gasteiger partial charge in [0.1, 0.15) is 30.0 Å². The van der Waals surface area contributed by atoms with E-state index in [2.05, 4.69) is 0 Å². The molecule has 0 aromatic heterocycles. The Morgan fingerprint density at radius 3 is 2.38 bits per heavy atom. The number of aliphatic hydroxyl groups is 2. The third-order valence-electron chi connectivity index (χ3n) is 11.4. The van der Waals surface area contributed by atoms with Gasteiger partial charge in [-0.1, -0.05) is 12.1 Å². The minimum absolute atomic E-state index is 0.0102. The average molecular weight is 693 g/mol. The maximum atomic E-state index is 14.1. The van der Waals surface area contributed by atoms with Gasteiger partial charge in [-0.15, -0.1) is 0 Å². The number of allylic oxidation sites excluding steroid dienone is 2. The highest BCUT2D eigenvalue weighted by Crippen LogP contribution is 2.52. The van der Waals surface area contributed by atoms with Crippen LogP contribution in [0.1, 0.15) is 98.6 Å². The minimum Gasteiger partial charge on any atom is -0.382 e. The second kappa shape index (κ2) is 11.6. The van der Waals surface area contributed by atoms with Gasteiger partial charge in [0, 0.05) is 55.2 Å². The molecule has 1 saturated carbocycles. The zero-order chi connectivity index (χ0) is 35.5. The molecule has 8 rings (SSSR count). The standard InChI is InChI=1S/C37H40O13/c1-16-23(38)7-8-29(46-16)50-35(4)14-28(40)37(44)30-21(9-10-36(37,43)15-35)31(41)22-11-19(5-6-20(22)32(30)42)25-13-26-33(18(3)45-25)49-34-27(48-26)12-24(39)17(2)47-34/h5-6,9-11,16-18,25-27,29,33-34,43-44H,7-8,12-15H2,1-4H3. The Kier molecular flexibility index (Phi) is 7.87. The van der Waals surface area contributed by atoms with E-state index in [9.17, 15) is 34.2 Å². The van der Waals surface area contributed by atoms with Gasteiger partial charge in [0.2, 0.25) is 0 Å². The Morgan fingerprint density at radius 1 is 0.860 bits per heavy atom. The van der Waals surface area contributed by atoms with Crippen LogP contribution in [0.4, 0.5) is 0 Å². The van der Waals surface area contributed by atoms with Gasteiger partial charge in [0.15, 0.2) is 47.1 Å². The molecule has 0 spiro atoms. The molecule has 50 heavy (non-hydrogen) atoms.